The summed E-state index contributed by atoms with van der Waals surface area (Å²) >= 11 is 0. The van der Waals surface area contributed by atoms with Crippen LogP contribution in [-0.4, -0.2) is 0 Å². The lowest BCUT2D eigenvalue weighted by molar-refractivity contribution is 1.22. The molecule has 0 aromatic heterocycles. The Hall–Kier alpha value is -1.30. The number of hydrogen-bond donors (Lipinski definition) is 0. The molecule has 0 aromatic rings. The van der Waals surface area contributed by atoms with E-state index in [0.29, 0.717) is 0 Å². The summed E-state index contributed by atoms with van der Waals surface area (Å²) in [6.45, 7) is 7.25. The lowest BCUT2D eigenvalue weighted by Crippen LogP contribution is -1.52. The first-order valence-electron chi connectivity index (χ1n) is 4.12. The maximum absolute atomic E-state index is 5.13. The molecule has 0 heterocycles. The summed E-state index contributed by atoms with van der Waals surface area (Å²) in [6.07, 6.45) is 18.3. The zero-order valence-electron chi connectivity index (χ0n) is 7.48. The zero-order chi connectivity index (χ0) is 9.07. The smallest absolute Gasteiger partial charge is 0.0376 e. The molecule has 0 saturated heterocycles. The van der Waals surface area contributed by atoms with Gasteiger partial charge in [-0.15, -0.1) is 0 Å². The number of rotatable bonds is 5. The highest BCUT2D eigenvalue weighted by molar-refractivity contribution is 5.16. The van der Waals surface area contributed by atoms with Gasteiger partial charge in [-0.05, 0) is 6.42 Å². The molecule has 0 aromatic carbocycles. The van der Waals surface area contributed by atoms with E-state index in [1.807, 2.05) is 36.5 Å². The molecule has 0 rings (SSSR count). The van der Waals surface area contributed by atoms with Crippen LogP contribution in [0.1, 0.15) is 13.3 Å². The third-order valence-corrected chi connectivity index (χ3v) is 1.15. The van der Waals surface area contributed by atoms with Crippen molar-refractivity contribution in [3.63, 3.8) is 0 Å². The second-order valence-corrected chi connectivity index (χ2v) is 2.18. The monoisotopic (exact) mass is 159 g/mol. The molecular weight excluding hydrogens is 144 g/mol. The molecule has 0 fully saturated rings. The molecule has 0 unspecified atom stereocenters. The molecule has 0 spiro atoms. The van der Waals surface area contributed by atoms with Crippen molar-refractivity contribution >= 4 is 0 Å². The Morgan fingerprint density at radius 3 is 1.83 bits per heavy atom. The third-order valence-electron chi connectivity index (χ3n) is 1.15. The minimum atomic E-state index is 1.08. The van der Waals surface area contributed by atoms with Crippen molar-refractivity contribution in [3.8, 4) is 0 Å². The van der Waals surface area contributed by atoms with Gasteiger partial charge in [0.25, 0.3) is 0 Å². The molecular formula is C12H15. The predicted molar refractivity (Wildman–Crippen MR) is 55.7 cm³/mol. The molecule has 12 heavy (non-hydrogen) atoms. The molecule has 0 saturated carbocycles. The Labute approximate surface area is 75.3 Å². The van der Waals surface area contributed by atoms with Crippen LogP contribution < -0.4 is 0 Å². The molecule has 0 nitrogen and oxygen atoms in total. The van der Waals surface area contributed by atoms with Crippen LogP contribution in [0.5, 0.6) is 0 Å². The van der Waals surface area contributed by atoms with Gasteiger partial charge >= 0.3 is 0 Å². The Bertz CT molecular complexity index is 202. The molecule has 63 valence electrons. The first-order valence-corrected chi connectivity index (χ1v) is 4.12. The minimum Gasteiger partial charge on any atom is -0.0848 e. The van der Waals surface area contributed by atoms with E-state index >= 15 is 0 Å². The van der Waals surface area contributed by atoms with Gasteiger partial charge in [0.05, 0.1) is 0 Å². The van der Waals surface area contributed by atoms with E-state index in [0.717, 1.165) is 6.42 Å². The van der Waals surface area contributed by atoms with Gasteiger partial charge in [-0.1, -0.05) is 68.2 Å². The number of hydrogen-bond acceptors (Lipinski definition) is 0. The second kappa shape index (κ2) is 9.70. The van der Waals surface area contributed by atoms with E-state index in [2.05, 4.69) is 13.0 Å². The van der Waals surface area contributed by atoms with Crippen molar-refractivity contribution in [3.05, 3.63) is 61.3 Å². The highest BCUT2D eigenvalue weighted by Crippen LogP contribution is 1.84. The van der Waals surface area contributed by atoms with Crippen LogP contribution in [0.15, 0.2) is 54.7 Å². The fraction of sp³-hybridized carbons (Fsp3) is 0.167. The van der Waals surface area contributed by atoms with Crippen molar-refractivity contribution in [2.24, 2.45) is 0 Å². The molecule has 0 aliphatic carbocycles. The second-order valence-electron chi connectivity index (χ2n) is 2.18. The lowest BCUT2D eigenvalue weighted by atomic mass is 10.3. The van der Waals surface area contributed by atoms with Gasteiger partial charge in [-0.25, -0.2) is 0 Å². The standard InChI is InChI=1S/C12H15/c1-3-5-7-9-11-12-10-8-6-4-2/h1,3,5-12H,4H2,2H3/b3-1?,7-5+,8-6+,11-9+,12-10+. The number of allylic oxidation sites excluding steroid dienone is 9. The summed E-state index contributed by atoms with van der Waals surface area (Å²) in [5.74, 6) is 0. The van der Waals surface area contributed by atoms with Gasteiger partial charge in [-0.2, -0.15) is 0 Å². The van der Waals surface area contributed by atoms with E-state index in [9.17, 15) is 0 Å². The van der Waals surface area contributed by atoms with E-state index in [-0.39, 0.29) is 0 Å². The van der Waals surface area contributed by atoms with Crippen LogP contribution in [0.4, 0.5) is 0 Å². The van der Waals surface area contributed by atoms with Crippen LogP contribution >= 0.6 is 0 Å². The first-order chi connectivity index (χ1) is 5.91. The fourth-order valence-electron chi connectivity index (χ4n) is 0.600. The van der Waals surface area contributed by atoms with Crippen LogP contribution in [0, 0.1) is 6.58 Å². The molecule has 0 amide bonds. The maximum atomic E-state index is 5.13. The summed E-state index contributed by atoms with van der Waals surface area (Å²) in [5.41, 5.74) is 0. The van der Waals surface area contributed by atoms with Crippen LogP contribution in [0.3, 0.4) is 0 Å². The van der Waals surface area contributed by atoms with Crippen LogP contribution in [-0.2, 0) is 0 Å². The Balaban J connectivity index is 3.58. The molecule has 0 aliphatic rings. The highest BCUT2D eigenvalue weighted by Gasteiger charge is 1.62. The van der Waals surface area contributed by atoms with Gasteiger partial charge < -0.3 is 0 Å². The summed E-state index contributed by atoms with van der Waals surface area (Å²) in [5, 5.41) is 0. The van der Waals surface area contributed by atoms with Gasteiger partial charge in [-0.3, -0.25) is 0 Å². The Morgan fingerprint density at radius 1 is 0.833 bits per heavy atom. The van der Waals surface area contributed by atoms with Crippen molar-refractivity contribution in [1.29, 1.82) is 0 Å². The first kappa shape index (κ1) is 10.7. The van der Waals surface area contributed by atoms with Crippen molar-refractivity contribution < 1.29 is 0 Å². The maximum Gasteiger partial charge on any atom is -0.0376 e. The third kappa shape index (κ3) is 8.70. The van der Waals surface area contributed by atoms with Crippen LogP contribution in [0.25, 0.3) is 0 Å². The summed E-state index contributed by atoms with van der Waals surface area (Å²) in [4.78, 5) is 0. The van der Waals surface area contributed by atoms with Crippen molar-refractivity contribution in [2.45, 2.75) is 13.3 Å². The topological polar surface area (TPSA) is 0 Å². The van der Waals surface area contributed by atoms with E-state index in [1.54, 1.807) is 6.08 Å². The van der Waals surface area contributed by atoms with Gasteiger partial charge in [0, 0.05) is 0 Å². The van der Waals surface area contributed by atoms with Gasteiger partial charge in [0.15, 0.2) is 0 Å². The predicted octanol–water partition coefficient (Wildman–Crippen LogP) is 3.61. The van der Waals surface area contributed by atoms with E-state index in [4.69, 9.17) is 6.58 Å². The molecule has 0 atom stereocenters. The lowest BCUT2D eigenvalue weighted by Gasteiger charge is -1.74. The minimum absolute atomic E-state index is 1.08. The SMILES string of the molecule is [CH]=C/C=C/C=C/C=C/C=C/CC. The molecule has 0 bridgehead atoms. The Morgan fingerprint density at radius 2 is 1.33 bits per heavy atom. The average Bonchev–Trinajstić information content (AvgIpc) is 2.10. The molecule has 0 aliphatic heterocycles. The highest BCUT2D eigenvalue weighted by atomic mass is 13.7. The van der Waals surface area contributed by atoms with Gasteiger partial charge in [0.2, 0.25) is 0 Å². The molecule has 0 N–H and O–H groups in total. The fourth-order valence-corrected chi connectivity index (χ4v) is 0.600. The largest absolute Gasteiger partial charge is 0.0848 e. The van der Waals surface area contributed by atoms with Gasteiger partial charge in [0.1, 0.15) is 0 Å². The quantitative estimate of drug-likeness (QED) is 0.537. The zero-order valence-corrected chi connectivity index (χ0v) is 7.48. The Kier molecular flexibility index (Phi) is 8.65. The summed E-state index contributed by atoms with van der Waals surface area (Å²) in [6, 6.07) is 0. The van der Waals surface area contributed by atoms with E-state index < -0.39 is 0 Å². The summed E-state index contributed by atoms with van der Waals surface area (Å²) in [7, 11) is 0. The van der Waals surface area contributed by atoms with Crippen LogP contribution in [0.2, 0.25) is 0 Å². The van der Waals surface area contributed by atoms with Crippen molar-refractivity contribution in [1.82, 2.24) is 0 Å². The molecule has 1 radical (unpaired) electrons. The summed E-state index contributed by atoms with van der Waals surface area (Å²) < 4.78 is 0. The van der Waals surface area contributed by atoms with E-state index in [1.165, 1.54) is 6.08 Å². The van der Waals surface area contributed by atoms with Crippen molar-refractivity contribution in [2.75, 3.05) is 0 Å². The molecule has 0 heteroatoms. The average molecular weight is 159 g/mol. The normalized spacial score (nSPS) is 12.8.